The second kappa shape index (κ2) is 8.28. The summed E-state index contributed by atoms with van der Waals surface area (Å²) in [6.07, 6.45) is 1.19. The molecule has 4 heteroatoms. The van der Waals surface area contributed by atoms with E-state index in [1.165, 1.54) is 17.5 Å². The van der Waals surface area contributed by atoms with Crippen molar-refractivity contribution in [2.24, 2.45) is 0 Å². The third kappa shape index (κ3) is 4.68. The molecule has 0 bridgehead atoms. The highest BCUT2D eigenvalue weighted by Crippen LogP contribution is 2.20. The molecule has 132 valence electrons. The van der Waals surface area contributed by atoms with Crippen molar-refractivity contribution in [3.63, 3.8) is 0 Å². The van der Waals surface area contributed by atoms with Gasteiger partial charge in [-0.3, -0.25) is 9.80 Å². The Kier molecular flexibility index (Phi) is 5.84. The number of hydrogen-bond acceptors (Lipinski definition) is 3. The fourth-order valence-electron chi connectivity index (χ4n) is 3.58. The van der Waals surface area contributed by atoms with Gasteiger partial charge in [-0.25, -0.2) is 4.79 Å². The molecule has 0 radical (unpaired) electrons. The van der Waals surface area contributed by atoms with Crippen molar-refractivity contribution < 1.29 is 9.90 Å². The van der Waals surface area contributed by atoms with Crippen LogP contribution < -0.4 is 0 Å². The third-order valence-electron chi connectivity index (χ3n) is 5.01. The fraction of sp³-hybridized carbons (Fsp3) is 0.381. The lowest BCUT2D eigenvalue weighted by Crippen LogP contribution is -2.36. The zero-order valence-electron chi connectivity index (χ0n) is 14.8. The Morgan fingerprint density at radius 3 is 2.48 bits per heavy atom. The van der Waals surface area contributed by atoms with E-state index in [4.69, 9.17) is 5.11 Å². The summed E-state index contributed by atoms with van der Waals surface area (Å²) in [6.45, 7) is 7.32. The van der Waals surface area contributed by atoms with Gasteiger partial charge in [-0.15, -0.1) is 0 Å². The molecule has 25 heavy (non-hydrogen) atoms. The van der Waals surface area contributed by atoms with Crippen LogP contribution in [0.2, 0.25) is 0 Å². The van der Waals surface area contributed by atoms with Crippen LogP contribution in [0.4, 0.5) is 0 Å². The molecular weight excluding hydrogens is 312 g/mol. The minimum Gasteiger partial charge on any atom is -0.478 e. The first-order valence-corrected chi connectivity index (χ1v) is 8.98. The number of nitrogens with zero attached hydrogens (tertiary/aromatic N) is 2. The number of carbonyl (C=O) groups is 1. The summed E-state index contributed by atoms with van der Waals surface area (Å²) in [4.78, 5) is 16.0. The molecular formula is C21H26N2O2. The quantitative estimate of drug-likeness (QED) is 0.839. The highest BCUT2D eigenvalue weighted by Gasteiger charge is 2.26. The van der Waals surface area contributed by atoms with Gasteiger partial charge in [0.05, 0.1) is 5.56 Å². The molecule has 2 aromatic rings. The lowest BCUT2D eigenvalue weighted by Gasteiger charge is -2.28. The van der Waals surface area contributed by atoms with Gasteiger partial charge in [0.25, 0.3) is 0 Å². The minimum absolute atomic E-state index is 0.349. The topological polar surface area (TPSA) is 43.8 Å². The zero-order chi connectivity index (χ0) is 17.6. The van der Waals surface area contributed by atoms with Gasteiger partial charge in [0.2, 0.25) is 0 Å². The number of rotatable bonds is 7. The average Bonchev–Trinajstić information content (AvgIpc) is 3.09. The monoisotopic (exact) mass is 338 g/mol. The van der Waals surface area contributed by atoms with Crippen LogP contribution in [-0.4, -0.2) is 46.6 Å². The van der Waals surface area contributed by atoms with Gasteiger partial charge in [-0.2, -0.15) is 0 Å². The maximum atomic E-state index is 11.0. The number of benzene rings is 2. The first kappa shape index (κ1) is 17.6. The fourth-order valence-corrected chi connectivity index (χ4v) is 3.58. The summed E-state index contributed by atoms with van der Waals surface area (Å²) in [7, 11) is 0. The number of likely N-dealkylation sites (tertiary alicyclic amines) is 1. The normalized spacial score (nSPS) is 17.9. The van der Waals surface area contributed by atoms with E-state index >= 15 is 0 Å². The zero-order valence-corrected chi connectivity index (χ0v) is 14.8. The van der Waals surface area contributed by atoms with Gasteiger partial charge in [-0.1, -0.05) is 49.4 Å². The van der Waals surface area contributed by atoms with Gasteiger partial charge in [0.15, 0.2) is 0 Å². The van der Waals surface area contributed by atoms with E-state index in [0.717, 1.165) is 32.7 Å². The van der Waals surface area contributed by atoms with Crippen molar-refractivity contribution in [2.75, 3.05) is 19.6 Å². The van der Waals surface area contributed by atoms with Gasteiger partial charge in [0.1, 0.15) is 0 Å². The van der Waals surface area contributed by atoms with Crippen LogP contribution in [0.3, 0.4) is 0 Å². The Morgan fingerprint density at radius 1 is 1.12 bits per heavy atom. The van der Waals surface area contributed by atoms with Gasteiger partial charge >= 0.3 is 5.97 Å². The maximum Gasteiger partial charge on any atom is 0.335 e. The van der Waals surface area contributed by atoms with Crippen molar-refractivity contribution in [2.45, 2.75) is 32.5 Å². The van der Waals surface area contributed by atoms with Crippen LogP contribution in [0.1, 0.15) is 34.8 Å². The van der Waals surface area contributed by atoms with Gasteiger partial charge in [0, 0.05) is 32.2 Å². The molecule has 0 spiro atoms. The molecule has 1 atom stereocenters. The lowest BCUT2D eigenvalue weighted by molar-refractivity contribution is 0.0697. The van der Waals surface area contributed by atoms with E-state index in [1.807, 2.05) is 12.1 Å². The Balaban J connectivity index is 1.57. The lowest BCUT2D eigenvalue weighted by atomic mass is 10.1. The van der Waals surface area contributed by atoms with E-state index < -0.39 is 5.97 Å². The summed E-state index contributed by atoms with van der Waals surface area (Å²) in [6, 6.07) is 18.5. The van der Waals surface area contributed by atoms with Crippen LogP contribution >= 0.6 is 0 Å². The smallest absolute Gasteiger partial charge is 0.335 e. The molecule has 4 nitrogen and oxygen atoms in total. The Bertz CT molecular complexity index is 685. The van der Waals surface area contributed by atoms with Gasteiger partial charge in [-0.05, 0) is 36.2 Å². The van der Waals surface area contributed by atoms with Crippen molar-refractivity contribution in [1.82, 2.24) is 9.80 Å². The third-order valence-corrected chi connectivity index (χ3v) is 5.01. The molecule has 1 fully saturated rings. The summed E-state index contributed by atoms with van der Waals surface area (Å²) < 4.78 is 0. The Morgan fingerprint density at radius 2 is 1.84 bits per heavy atom. The van der Waals surface area contributed by atoms with E-state index in [9.17, 15) is 4.79 Å². The Labute approximate surface area is 149 Å². The predicted octanol–water partition coefficient (Wildman–Crippen LogP) is 3.48. The number of hydrogen-bond donors (Lipinski definition) is 1. The molecule has 1 unspecified atom stereocenters. The van der Waals surface area contributed by atoms with E-state index in [2.05, 4.69) is 47.1 Å². The summed E-state index contributed by atoms with van der Waals surface area (Å²) >= 11 is 0. The molecule has 0 amide bonds. The molecule has 1 saturated heterocycles. The van der Waals surface area contributed by atoms with Crippen LogP contribution in [0.25, 0.3) is 0 Å². The van der Waals surface area contributed by atoms with Crippen molar-refractivity contribution in [3.8, 4) is 0 Å². The first-order chi connectivity index (χ1) is 12.2. The molecule has 0 aliphatic carbocycles. The van der Waals surface area contributed by atoms with Crippen LogP contribution in [0.5, 0.6) is 0 Å². The van der Waals surface area contributed by atoms with E-state index in [-0.39, 0.29) is 0 Å². The van der Waals surface area contributed by atoms with Crippen molar-refractivity contribution in [3.05, 3.63) is 71.3 Å². The highest BCUT2D eigenvalue weighted by atomic mass is 16.4. The second-order valence-corrected chi connectivity index (χ2v) is 6.73. The second-order valence-electron chi connectivity index (χ2n) is 6.73. The summed E-state index contributed by atoms with van der Waals surface area (Å²) in [5.41, 5.74) is 2.89. The molecule has 1 N–H and O–H groups in total. The number of carboxylic acids is 1. The maximum absolute atomic E-state index is 11.0. The standard InChI is InChI=1S/C21H26N2O2/c1-2-23(15-18-8-10-19(11-9-18)21(24)25)20-12-13-22(16-20)14-17-6-4-3-5-7-17/h3-11,20H,2,12-16H2,1H3,(H,24,25). The van der Waals surface area contributed by atoms with Crippen LogP contribution in [-0.2, 0) is 13.1 Å². The first-order valence-electron chi connectivity index (χ1n) is 8.98. The van der Waals surface area contributed by atoms with Crippen molar-refractivity contribution >= 4 is 5.97 Å². The molecule has 0 saturated carbocycles. The summed E-state index contributed by atoms with van der Waals surface area (Å²) in [5, 5.41) is 9.01. The number of aromatic carboxylic acids is 1. The molecule has 1 aliphatic heterocycles. The van der Waals surface area contributed by atoms with Gasteiger partial charge < -0.3 is 5.11 Å². The van der Waals surface area contributed by atoms with E-state index in [0.29, 0.717) is 11.6 Å². The Hall–Kier alpha value is -2.17. The SMILES string of the molecule is CCN(Cc1ccc(C(=O)O)cc1)C1CCN(Cc2ccccc2)C1. The van der Waals surface area contributed by atoms with Crippen LogP contribution in [0, 0.1) is 0 Å². The molecule has 1 aliphatic rings. The van der Waals surface area contributed by atoms with Crippen LogP contribution in [0.15, 0.2) is 54.6 Å². The van der Waals surface area contributed by atoms with Crippen molar-refractivity contribution in [1.29, 1.82) is 0 Å². The minimum atomic E-state index is -0.869. The predicted molar refractivity (Wildman–Crippen MR) is 99.6 cm³/mol. The number of likely N-dealkylation sites (N-methyl/N-ethyl adjacent to an activating group) is 1. The highest BCUT2D eigenvalue weighted by molar-refractivity contribution is 5.87. The average molecular weight is 338 g/mol. The number of carboxylic acid groups (broad SMARTS) is 1. The summed E-state index contributed by atoms with van der Waals surface area (Å²) in [5.74, 6) is -0.869. The molecule has 1 heterocycles. The molecule has 3 rings (SSSR count). The largest absolute Gasteiger partial charge is 0.478 e. The molecule has 0 aromatic heterocycles. The molecule has 2 aromatic carbocycles. The van der Waals surface area contributed by atoms with E-state index in [1.54, 1.807) is 12.1 Å².